The van der Waals surface area contributed by atoms with Gasteiger partial charge in [-0.15, -0.1) is 0 Å². The number of anilines is 1. The van der Waals surface area contributed by atoms with Crippen LogP contribution < -0.4 is 9.46 Å². The van der Waals surface area contributed by atoms with E-state index in [1.54, 1.807) is 12.1 Å². The van der Waals surface area contributed by atoms with Crippen LogP contribution in [0.2, 0.25) is 0 Å². The van der Waals surface area contributed by atoms with Crippen LogP contribution in [0, 0.1) is 38.5 Å². The Hall–Kier alpha value is -3.46. The van der Waals surface area contributed by atoms with Crippen molar-refractivity contribution >= 4 is 21.9 Å². The van der Waals surface area contributed by atoms with Gasteiger partial charge in [0.05, 0.1) is 16.6 Å². The number of rotatable bonds is 6. The van der Waals surface area contributed by atoms with Gasteiger partial charge in [-0.1, -0.05) is 45.0 Å². The lowest BCUT2D eigenvalue weighted by Gasteiger charge is -2.37. The Morgan fingerprint density at radius 2 is 1.74 bits per heavy atom. The van der Waals surface area contributed by atoms with Crippen molar-refractivity contribution in [3.8, 4) is 17.1 Å². The van der Waals surface area contributed by atoms with Crippen molar-refractivity contribution in [2.75, 3.05) is 17.9 Å². The zero-order valence-electron chi connectivity index (χ0n) is 25.5. The van der Waals surface area contributed by atoms with E-state index >= 15 is 0 Å². The first-order chi connectivity index (χ1) is 19.9. The van der Waals surface area contributed by atoms with Crippen LogP contribution in [0.15, 0.2) is 47.4 Å². The van der Waals surface area contributed by atoms with E-state index in [2.05, 4.69) is 30.5 Å². The van der Waals surface area contributed by atoms with Crippen LogP contribution in [-0.2, 0) is 10.0 Å². The Bertz CT molecular complexity index is 1560. The number of nitrogens with one attached hydrogen (secondary N) is 1. The molecule has 1 fully saturated rings. The van der Waals surface area contributed by atoms with E-state index in [0.717, 1.165) is 41.0 Å². The molecule has 0 saturated heterocycles. The molecule has 4 bridgehead atoms. The van der Waals surface area contributed by atoms with Gasteiger partial charge in [-0.25, -0.2) is 18.1 Å². The molecule has 5 rings (SSSR count). The third kappa shape index (κ3) is 6.31. The summed E-state index contributed by atoms with van der Waals surface area (Å²) in [6.07, 6.45) is 4.01. The first kappa shape index (κ1) is 30.0. The largest absolute Gasteiger partial charge is 0.475 e. The van der Waals surface area contributed by atoms with Crippen LogP contribution in [0.5, 0.6) is 5.88 Å². The van der Waals surface area contributed by atoms with E-state index in [1.165, 1.54) is 25.0 Å². The molecule has 2 heterocycles. The predicted molar refractivity (Wildman–Crippen MR) is 165 cm³/mol. The molecule has 3 aromatic rings. The standard InChI is InChI=1S/C33H42N4O4S/c1-20(2)15-27-19-41-31-24(6)30(29-22(4)9-7-10-23(29)5)34-33(35-31)36-42(39,40)28-12-8-11-26(18-28)32(38)37(27)14-13-25-16-21(3)17-25/h7-12,18,20-21,25,27H,13-17,19H2,1-6H3,(H,34,35,36)/t21?,25?,27-/m1/s1. The predicted octanol–water partition coefficient (Wildman–Crippen LogP) is 6.56. The summed E-state index contributed by atoms with van der Waals surface area (Å²) in [5, 5.41) is 0. The maximum absolute atomic E-state index is 14.1. The molecule has 224 valence electrons. The Morgan fingerprint density at radius 3 is 2.40 bits per heavy atom. The number of hydrogen-bond donors (Lipinski definition) is 1. The molecule has 1 saturated carbocycles. The molecule has 0 unspecified atom stereocenters. The fourth-order valence-electron chi connectivity index (χ4n) is 6.34. The van der Waals surface area contributed by atoms with Crippen molar-refractivity contribution in [3.63, 3.8) is 0 Å². The lowest BCUT2D eigenvalue weighted by Crippen LogP contribution is -2.46. The molecule has 8 nitrogen and oxygen atoms in total. The molecular weight excluding hydrogens is 548 g/mol. The Morgan fingerprint density at radius 1 is 1.05 bits per heavy atom. The summed E-state index contributed by atoms with van der Waals surface area (Å²) in [6, 6.07) is 12.0. The average molecular weight is 591 g/mol. The van der Waals surface area contributed by atoms with Crippen molar-refractivity contribution in [1.29, 1.82) is 0 Å². The lowest BCUT2D eigenvalue weighted by atomic mass is 9.74. The number of carbonyl (C=O) groups excluding carboxylic acids is 1. The van der Waals surface area contributed by atoms with Crippen LogP contribution >= 0.6 is 0 Å². The highest BCUT2D eigenvalue weighted by molar-refractivity contribution is 7.92. The number of aromatic nitrogens is 2. The van der Waals surface area contributed by atoms with Gasteiger partial charge in [0.2, 0.25) is 11.8 Å². The minimum absolute atomic E-state index is 0.0129. The van der Waals surface area contributed by atoms with Crippen LogP contribution in [0.25, 0.3) is 11.3 Å². The maximum Gasteiger partial charge on any atom is 0.264 e. The number of aryl methyl sites for hydroxylation is 2. The Kier molecular flexibility index (Phi) is 8.60. The van der Waals surface area contributed by atoms with Crippen molar-refractivity contribution < 1.29 is 17.9 Å². The molecule has 1 atom stereocenters. The van der Waals surface area contributed by atoms with Gasteiger partial charge in [-0.3, -0.25) is 4.79 Å². The third-order valence-corrected chi connectivity index (χ3v) is 9.87. The second-order valence-corrected chi connectivity index (χ2v) is 14.2. The normalized spacial score (nSPS) is 21.8. The van der Waals surface area contributed by atoms with Crippen LogP contribution in [0.1, 0.15) is 73.5 Å². The van der Waals surface area contributed by atoms with E-state index in [9.17, 15) is 13.2 Å². The number of benzene rings is 2. The fourth-order valence-corrected chi connectivity index (χ4v) is 7.33. The minimum Gasteiger partial charge on any atom is -0.475 e. The van der Waals surface area contributed by atoms with E-state index in [-0.39, 0.29) is 29.4 Å². The second-order valence-electron chi connectivity index (χ2n) is 12.6. The molecule has 0 radical (unpaired) electrons. The number of hydrogen-bond acceptors (Lipinski definition) is 6. The number of ether oxygens (including phenoxy) is 1. The Labute approximate surface area is 250 Å². The highest BCUT2D eigenvalue weighted by atomic mass is 32.2. The summed E-state index contributed by atoms with van der Waals surface area (Å²) in [5.41, 5.74) is 4.62. The van der Waals surface area contributed by atoms with Gasteiger partial charge in [0.1, 0.15) is 6.61 Å². The number of fused-ring (bicyclic) bond motifs is 4. The number of amides is 1. The van der Waals surface area contributed by atoms with Crippen LogP contribution in [0.4, 0.5) is 5.95 Å². The van der Waals surface area contributed by atoms with Gasteiger partial charge in [0.25, 0.3) is 15.9 Å². The topological polar surface area (TPSA) is 101 Å². The van der Waals surface area contributed by atoms with E-state index in [0.29, 0.717) is 35.5 Å². The van der Waals surface area contributed by atoms with E-state index in [4.69, 9.17) is 9.72 Å². The molecule has 2 aromatic carbocycles. The molecule has 1 aliphatic carbocycles. The smallest absolute Gasteiger partial charge is 0.264 e. The molecule has 2 aliphatic rings. The number of sulfonamides is 1. The summed E-state index contributed by atoms with van der Waals surface area (Å²) < 4.78 is 36.1. The van der Waals surface area contributed by atoms with Crippen molar-refractivity contribution in [3.05, 3.63) is 64.7 Å². The average Bonchev–Trinajstić information content (AvgIpc) is 2.91. The molecule has 1 aliphatic heterocycles. The molecule has 0 spiro atoms. The molecule has 1 N–H and O–H groups in total. The second kappa shape index (κ2) is 12.0. The van der Waals surface area contributed by atoms with E-state index in [1.807, 2.05) is 43.9 Å². The third-order valence-electron chi connectivity index (χ3n) is 8.54. The monoisotopic (exact) mass is 590 g/mol. The lowest BCUT2D eigenvalue weighted by molar-refractivity contribution is 0.0529. The zero-order chi connectivity index (χ0) is 30.2. The molecule has 1 aromatic heterocycles. The first-order valence-corrected chi connectivity index (χ1v) is 16.4. The molecule has 42 heavy (non-hydrogen) atoms. The van der Waals surface area contributed by atoms with Crippen LogP contribution in [-0.4, -0.2) is 48.4 Å². The Balaban J connectivity index is 1.64. The van der Waals surface area contributed by atoms with Gasteiger partial charge in [0, 0.05) is 23.2 Å². The highest BCUT2D eigenvalue weighted by Crippen LogP contribution is 2.37. The summed E-state index contributed by atoms with van der Waals surface area (Å²) >= 11 is 0. The summed E-state index contributed by atoms with van der Waals surface area (Å²) in [5.74, 6) is 1.69. The van der Waals surface area contributed by atoms with Gasteiger partial charge >= 0.3 is 0 Å². The van der Waals surface area contributed by atoms with Gasteiger partial charge in [-0.05, 0) is 93.5 Å². The number of nitrogens with zero attached hydrogens (tertiary/aromatic N) is 3. The maximum atomic E-state index is 14.1. The number of carbonyl (C=O) groups is 1. The van der Waals surface area contributed by atoms with Gasteiger partial charge in [-0.2, -0.15) is 4.98 Å². The van der Waals surface area contributed by atoms with Gasteiger partial charge < -0.3 is 9.64 Å². The van der Waals surface area contributed by atoms with Crippen LogP contribution in [0.3, 0.4) is 0 Å². The fraction of sp³-hybridized carbons (Fsp3) is 0.485. The quantitative estimate of drug-likeness (QED) is 0.349. The highest BCUT2D eigenvalue weighted by Gasteiger charge is 2.32. The molecule has 9 heteroatoms. The van der Waals surface area contributed by atoms with E-state index < -0.39 is 10.0 Å². The molecule has 1 amide bonds. The van der Waals surface area contributed by atoms with Crippen molar-refractivity contribution in [1.82, 2.24) is 14.9 Å². The summed E-state index contributed by atoms with van der Waals surface area (Å²) in [4.78, 5) is 25.2. The minimum atomic E-state index is -4.09. The van der Waals surface area contributed by atoms with Crippen molar-refractivity contribution in [2.24, 2.45) is 17.8 Å². The SMILES string of the molecule is Cc1cccc(C)c1-c1nc2nc(c1C)OC[C@@H](CC(C)C)N(CCC1CC(C)C1)C(=O)c1cccc(c1)S(=O)(=O)N2. The first-order valence-electron chi connectivity index (χ1n) is 14.9. The summed E-state index contributed by atoms with van der Waals surface area (Å²) in [7, 11) is -4.09. The molecular formula is C33H42N4O4S. The summed E-state index contributed by atoms with van der Waals surface area (Å²) in [6.45, 7) is 13.3. The zero-order valence-corrected chi connectivity index (χ0v) is 26.3. The van der Waals surface area contributed by atoms with Crippen molar-refractivity contribution in [2.45, 2.75) is 78.2 Å². The van der Waals surface area contributed by atoms with Gasteiger partial charge in [0.15, 0.2) is 0 Å².